The van der Waals surface area contributed by atoms with Gasteiger partial charge in [-0.2, -0.15) is 0 Å². The summed E-state index contributed by atoms with van der Waals surface area (Å²) in [7, 11) is 0. The van der Waals surface area contributed by atoms with Gasteiger partial charge in [0.15, 0.2) is 0 Å². The lowest BCUT2D eigenvalue weighted by Gasteiger charge is -2.22. The fourth-order valence-electron chi connectivity index (χ4n) is 5.33. The number of benzene rings is 3. The van der Waals surface area contributed by atoms with Gasteiger partial charge in [-0.25, -0.2) is 19.2 Å². The quantitative estimate of drug-likeness (QED) is 0.0716. The van der Waals surface area contributed by atoms with E-state index < -0.39 is 53.5 Å². The maximum Gasteiger partial charge on any atom is 0.408 e. The van der Waals surface area contributed by atoms with E-state index in [0.29, 0.717) is 12.8 Å². The Labute approximate surface area is 379 Å². The highest BCUT2D eigenvalue weighted by atomic mass is 16.6. The van der Waals surface area contributed by atoms with Crippen LogP contribution in [0.3, 0.4) is 0 Å². The largest absolute Gasteiger partial charge is 0.480 e. The third-order valence-electron chi connectivity index (χ3n) is 8.41. The van der Waals surface area contributed by atoms with Gasteiger partial charge in [-0.3, -0.25) is 14.4 Å². The molecule has 0 radical (unpaired) electrons. The Morgan fingerprint density at radius 3 is 1.45 bits per heavy atom. The van der Waals surface area contributed by atoms with Crippen LogP contribution in [0.1, 0.15) is 96.8 Å². The average molecular weight is 910 g/mol. The van der Waals surface area contributed by atoms with E-state index in [0.717, 1.165) is 16.7 Å². The highest BCUT2D eigenvalue weighted by molar-refractivity contribution is 5.81. The Morgan fingerprint density at radius 2 is 1.06 bits per heavy atom. The van der Waals surface area contributed by atoms with E-state index in [1.165, 1.54) is 0 Å². The van der Waals surface area contributed by atoms with Crippen molar-refractivity contribution in [3.05, 3.63) is 108 Å². The number of carboxylic acids is 1. The number of hydrogen-bond acceptors (Lipinski definition) is 14. The van der Waals surface area contributed by atoms with E-state index in [2.05, 4.69) is 16.0 Å². The lowest BCUT2D eigenvalue weighted by atomic mass is 10.1. The Balaban J connectivity index is 0.000000338. The van der Waals surface area contributed by atoms with Gasteiger partial charge in [0.2, 0.25) is 0 Å². The van der Waals surface area contributed by atoms with Crippen molar-refractivity contribution in [2.24, 2.45) is 0 Å². The second-order valence-corrected chi connectivity index (χ2v) is 16.6. The summed E-state index contributed by atoms with van der Waals surface area (Å²) in [6.07, 6.45) is -0.831. The smallest absolute Gasteiger partial charge is 0.408 e. The number of carbonyl (C=O) groups excluding carboxylic acids is 6. The standard InChI is InChI=1S/C17H23NO6.C17H25NO5.C13H15NO4/c1-17(2,3)24-14(19)10-9-13(15(20)21)18-16(22)23-11-12-7-5-4-6-8-12;1-17(2,3)23-15(20)10-9-14(11-19)18-16(21)22-12-13-7-5-4-6-8-13;15-12-7-6-11(9-17-12)14-13(16)18-8-10-4-2-1-3-5-10/h4-8,13H,9-11H2,1-3H3,(H,18,22)(H,20,21);4-8,14,19H,9-12H2,1-3H3,(H,18,21);1-5,11H,6-9H2,(H,14,16). The number of aliphatic hydroxyl groups is 1. The summed E-state index contributed by atoms with van der Waals surface area (Å²) in [4.78, 5) is 80.2. The van der Waals surface area contributed by atoms with Crippen LogP contribution in [0.5, 0.6) is 0 Å². The second-order valence-electron chi connectivity index (χ2n) is 16.6. The minimum absolute atomic E-state index is 0.0328. The number of rotatable bonds is 17. The normalized spacial score (nSPS) is 14.1. The lowest BCUT2D eigenvalue weighted by Crippen LogP contribution is -2.41. The number of aliphatic carboxylic acids is 1. The Morgan fingerprint density at radius 1 is 0.646 bits per heavy atom. The predicted molar refractivity (Wildman–Crippen MR) is 236 cm³/mol. The molecule has 3 aromatic carbocycles. The molecule has 0 aliphatic carbocycles. The Hall–Kier alpha value is -6.69. The topological polar surface area (TPSA) is 251 Å². The SMILES string of the molecule is CC(C)(C)OC(=O)CCC(CO)NC(=O)OCc1ccccc1.CC(C)(C)OC(=O)CCC(NC(=O)OCc1ccccc1)C(=O)O.O=C1CCC(NC(=O)OCc2ccccc2)CO1. The summed E-state index contributed by atoms with van der Waals surface area (Å²) < 4.78 is 30.2. The van der Waals surface area contributed by atoms with Crippen LogP contribution in [0.15, 0.2) is 91.0 Å². The predicted octanol–water partition coefficient (Wildman–Crippen LogP) is 6.50. The molecule has 1 aliphatic heterocycles. The first-order valence-electron chi connectivity index (χ1n) is 21.1. The molecule has 356 valence electrons. The van der Waals surface area contributed by atoms with Crippen LogP contribution >= 0.6 is 0 Å². The van der Waals surface area contributed by atoms with Crippen molar-refractivity contribution in [3.63, 3.8) is 0 Å². The molecule has 5 N–H and O–H groups in total. The van der Waals surface area contributed by atoms with E-state index >= 15 is 0 Å². The van der Waals surface area contributed by atoms with Gasteiger partial charge in [0, 0.05) is 19.3 Å². The van der Waals surface area contributed by atoms with Crippen LogP contribution < -0.4 is 16.0 Å². The molecule has 3 unspecified atom stereocenters. The molecule has 1 heterocycles. The van der Waals surface area contributed by atoms with E-state index in [-0.39, 0.29) is 76.7 Å². The van der Waals surface area contributed by atoms with Gasteiger partial charge in [-0.1, -0.05) is 91.0 Å². The number of ether oxygens (including phenoxy) is 6. The molecule has 0 aromatic heterocycles. The maximum atomic E-state index is 11.7. The number of cyclic esters (lactones) is 1. The second kappa shape index (κ2) is 28.9. The molecule has 4 rings (SSSR count). The molecule has 3 atom stereocenters. The highest BCUT2D eigenvalue weighted by Gasteiger charge is 2.25. The van der Waals surface area contributed by atoms with Crippen LogP contribution in [0.25, 0.3) is 0 Å². The van der Waals surface area contributed by atoms with Gasteiger partial charge in [-0.15, -0.1) is 0 Å². The molecule has 3 amide bonds. The fourth-order valence-corrected chi connectivity index (χ4v) is 5.33. The van der Waals surface area contributed by atoms with Gasteiger partial charge < -0.3 is 54.6 Å². The molecular weight excluding hydrogens is 847 g/mol. The van der Waals surface area contributed by atoms with Crippen molar-refractivity contribution in [2.45, 2.75) is 129 Å². The zero-order valence-electron chi connectivity index (χ0n) is 37.9. The van der Waals surface area contributed by atoms with Crippen LogP contribution in [-0.2, 0) is 67.4 Å². The third-order valence-corrected chi connectivity index (χ3v) is 8.41. The van der Waals surface area contributed by atoms with Crippen LogP contribution in [0, 0.1) is 0 Å². The van der Waals surface area contributed by atoms with Crippen molar-refractivity contribution in [1.82, 2.24) is 16.0 Å². The number of carboxylic acid groups (broad SMARTS) is 1. The minimum atomic E-state index is -1.24. The summed E-state index contributed by atoms with van der Waals surface area (Å²) in [5.74, 6) is -2.34. The zero-order chi connectivity index (χ0) is 48.3. The van der Waals surface area contributed by atoms with E-state index in [9.17, 15) is 38.7 Å². The molecular formula is C47H63N3O15. The zero-order valence-corrected chi connectivity index (χ0v) is 37.9. The van der Waals surface area contributed by atoms with Crippen molar-refractivity contribution in [1.29, 1.82) is 0 Å². The number of carbonyl (C=O) groups is 7. The van der Waals surface area contributed by atoms with Crippen LogP contribution in [0.4, 0.5) is 14.4 Å². The molecule has 18 nitrogen and oxygen atoms in total. The van der Waals surface area contributed by atoms with Gasteiger partial charge >= 0.3 is 42.2 Å². The maximum absolute atomic E-state index is 11.7. The molecule has 0 saturated carbocycles. The molecule has 3 aromatic rings. The van der Waals surface area contributed by atoms with E-state index in [1.54, 1.807) is 65.8 Å². The van der Waals surface area contributed by atoms with Crippen molar-refractivity contribution in [3.8, 4) is 0 Å². The minimum Gasteiger partial charge on any atom is -0.480 e. The molecule has 1 saturated heterocycles. The number of nitrogens with one attached hydrogen (secondary N) is 3. The van der Waals surface area contributed by atoms with Gasteiger partial charge in [0.25, 0.3) is 0 Å². The highest BCUT2D eigenvalue weighted by Crippen LogP contribution is 2.13. The van der Waals surface area contributed by atoms with E-state index in [4.69, 9.17) is 33.5 Å². The molecule has 0 bridgehead atoms. The first-order valence-corrected chi connectivity index (χ1v) is 21.1. The fraction of sp³-hybridized carbons (Fsp3) is 0.468. The number of aliphatic hydroxyl groups excluding tert-OH is 1. The van der Waals surface area contributed by atoms with Crippen molar-refractivity contribution in [2.75, 3.05) is 13.2 Å². The lowest BCUT2D eigenvalue weighted by molar-refractivity contribution is -0.156. The first kappa shape index (κ1) is 54.4. The van der Waals surface area contributed by atoms with Crippen molar-refractivity contribution >= 4 is 42.2 Å². The summed E-state index contributed by atoms with van der Waals surface area (Å²) in [6, 6.07) is 25.8. The monoisotopic (exact) mass is 909 g/mol. The number of hydrogen-bond donors (Lipinski definition) is 5. The third kappa shape index (κ3) is 27.2. The number of esters is 3. The number of amides is 3. The molecule has 18 heteroatoms. The molecule has 0 spiro atoms. The first-order chi connectivity index (χ1) is 30.7. The molecule has 1 fully saturated rings. The van der Waals surface area contributed by atoms with Gasteiger partial charge in [-0.05, 0) is 77.5 Å². The number of alkyl carbamates (subject to hydrolysis) is 3. The average Bonchev–Trinajstić information content (AvgIpc) is 3.25. The van der Waals surface area contributed by atoms with Gasteiger partial charge in [0.05, 0.1) is 18.7 Å². The van der Waals surface area contributed by atoms with Crippen molar-refractivity contribution < 1.29 is 72.2 Å². The Bertz CT molecular complexity index is 1910. The van der Waals surface area contributed by atoms with E-state index in [1.807, 2.05) is 66.7 Å². The molecule has 65 heavy (non-hydrogen) atoms. The molecule has 1 aliphatic rings. The summed E-state index contributed by atoms with van der Waals surface area (Å²) >= 11 is 0. The van der Waals surface area contributed by atoms with Gasteiger partial charge in [0.1, 0.15) is 43.7 Å². The summed E-state index contributed by atoms with van der Waals surface area (Å²) in [6.45, 7) is 10.9. The van der Waals surface area contributed by atoms with Crippen LogP contribution in [-0.4, -0.2) is 94.9 Å². The summed E-state index contributed by atoms with van der Waals surface area (Å²) in [5, 5.41) is 25.9. The summed E-state index contributed by atoms with van der Waals surface area (Å²) in [5.41, 5.74) is 1.40. The Kier molecular flexibility index (Phi) is 24.2. The van der Waals surface area contributed by atoms with Crippen LogP contribution in [0.2, 0.25) is 0 Å².